The Labute approximate surface area is 197 Å². The second-order valence-corrected chi connectivity index (χ2v) is 15.2. The Morgan fingerprint density at radius 2 is 1.41 bits per heavy atom. The molecule has 0 aromatic rings. The van der Waals surface area contributed by atoms with Crippen LogP contribution >= 0.6 is 0 Å². The van der Waals surface area contributed by atoms with Crippen LogP contribution in [0.2, 0.25) is 0 Å². The summed E-state index contributed by atoms with van der Waals surface area (Å²) in [4.78, 5) is 0. The van der Waals surface area contributed by atoms with Crippen LogP contribution in [0.25, 0.3) is 0 Å². The Morgan fingerprint density at radius 1 is 0.781 bits per heavy atom. The molecule has 2 heteroatoms. The molecule has 5 rings (SSSR count). The van der Waals surface area contributed by atoms with Crippen molar-refractivity contribution in [1.29, 1.82) is 0 Å². The molecule has 0 aliphatic heterocycles. The van der Waals surface area contributed by atoms with E-state index in [0.29, 0.717) is 29.3 Å². The van der Waals surface area contributed by atoms with Crippen LogP contribution in [0.5, 0.6) is 0 Å². The largest absolute Gasteiger partial charge is 0.396 e. The molecule has 0 bridgehead atoms. The lowest BCUT2D eigenvalue weighted by molar-refractivity contribution is -0.186. The Hall–Kier alpha value is -0.340. The van der Waals surface area contributed by atoms with Crippen LogP contribution in [-0.2, 0) is 0 Å². The first-order valence-corrected chi connectivity index (χ1v) is 13.8. The number of hydrogen-bond donors (Lipinski definition) is 2. The number of aliphatic hydroxyl groups is 2. The summed E-state index contributed by atoms with van der Waals surface area (Å²) in [7, 11) is 0. The van der Waals surface area contributed by atoms with Crippen molar-refractivity contribution in [2.24, 2.45) is 50.2 Å². The molecule has 0 aromatic carbocycles. The zero-order chi connectivity index (χ0) is 23.4. The molecule has 4 fully saturated rings. The fourth-order valence-electron chi connectivity index (χ4n) is 10.9. The van der Waals surface area contributed by atoms with Gasteiger partial charge in [0.25, 0.3) is 0 Å². The van der Waals surface area contributed by atoms with E-state index >= 15 is 0 Å². The highest BCUT2D eigenvalue weighted by Crippen LogP contribution is 2.74. The van der Waals surface area contributed by atoms with Gasteiger partial charge < -0.3 is 10.2 Å². The average molecular weight is 443 g/mol. The Balaban J connectivity index is 1.57. The topological polar surface area (TPSA) is 40.5 Å². The quantitative estimate of drug-likeness (QED) is 0.424. The Bertz CT molecular complexity index is 810. The highest BCUT2D eigenvalue weighted by Gasteiger charge is 2.67. The first kappa shape index (κ1) is 23.4. The highest BCUT2D eigenvalue weighted by molar-refractivity contribution is 5.35. The minimum absolute atomic E-state index is 0.0233. The van der Waals surface area contributed by atoms with Crippen LogP contribution < -0.4 is 0 Å². The second kappa shape index (κ2) is 6.87. The zero-order valence-electron chi connectivity index (χ0n) is 22.1. The molecule has 0 amide bonds. The highest BCUT2D eigenvalue weighted by atomic mass is 16.3. The van der Waals surface area contributed by atoms with Crippen molar-refractivity contribution in [1.82, 2.24) is 0 Å². The summed E-state index contributed by atoms with van der Waals surface area (Å²) >= 11 is 0. The molecule has 0 aromatic heterocycles. The van der Waals surface area contributed by atoms with Gasteiger partial charge in [-0.3, -0.25) is 0 Å². The van der Waals surface area contributed by atoms with E-state index in [0.717, 1.165) is 18.8 Å². The molecule has 2 N–H and O–H groups in total. The third-order valence-corrected chi connectivity index (χ3v) is 12.8. The van der Waals surface area contributed by atoms with Crippen molar-refractivity contribution in [3.05, 3.63) is 11.6 Å². The molecular formula is C30H50O2. The van der Waals surface area contributed by atoms with Crippen molar-refractivity contribution < 1.29 is 10.2 Å². The SMILES string of the molecule is CC1(C)CC[C@]2(CO)CC=C3[C@]4(C)CC[C@H]5C(C)(C)[C@H](O)CC[C@]5(C)[C@H]4CC[C@@]3(C)[C@@H]2C1. The van der Waals surface area contributed by atoms with Gasteiger partial charge in [-0.05, 0) is 109 Å². The van der Waals surface area contributed by atoms with E-state index < -0.39 is 0 Å². The van der Waals surface area contributed by atoms with Crippen molar-refractivity contribution in [2.45, 2.75) is 119 Å². The number of allylic oxidation sites excluding steroid dienone is 2. The van der Waals surface area contributed by atoms with Gasteiger partial charge in [-0.15, -0.1) is 0 Å². The minimum Gasteiger partial charge on any atom is -0.396 e. The van der Waals surface area contributed by atoms with Gasteiger partial charge in [0, 0.05) is 12.0 Å². The summed E-state index contributed by atoms with van der Waals surface area (Å²) in [6, 6.07) is 0. The standard InChI is InChI=1S/C30H50O2/c1-25(2)16-17-30(19-31)15-10-22-28(6)12-8-20-26(3,4)24(32)11-14-27(20,5)21(28)9-13-29(22,7)23(30)18-25/h10,20-21,23-24,31-32H,8-9,11-19H2,1-7H3/t20-,21+,23-,24+,27-,28+,29+,30-/m0/s1. The lowest BCUT2D eigenvalue weighted by Crippen LogP contribution is -2.63. The molecule has 5 aliphatic carbocycles. The van der Waals surface area contributed by atoms with Gasteiger partial charge in [-0.2, -0.15) is 0 Å². The lowest BCUT2D eigenvalue weighted by atomic mass is 9.34. The number of fused-ring (bicyclic) bond motifs is 7. The maximum absolute atomic E-state index is 10.9. The number of aliphatic hydroxyl groups excluding tert-OH is 2. The molecule has 8 atom stereocenters. The molecule has 0 spiro atoms. The smallest absolute Gasteiger partial charge is 0.0594 e. The summed E-state index contributed by atoms with van der Waals surface area (Å²) in [6.07, 6.45) is 14.6. The van der Waals surface area contributed by atoms with Gasteiger partial charge >= 0.3 is 0 Å². The van der Waals surface area contributed by atoms with Gasteiger partial charge in [-0.25, -0.2) is 0 Å². The number of rotatable bonds is 1. The third-order valence-electron chi connectivity index (χ3n) is 12.8. The molecule has 4 saturated carbocycles. The van der Waals surface area contributed by atoms with Crippen LogP contribution in [0.4, 0.5) is 0 Å². The average Bonchev–Trinajstić information content (AvgIpc) is 2.71. The molecule has 0 heterocycles. The molecular weight excluding hydrogens is 392 g/mol. The van der Waals surface area contributed by atoms with Crippen LogP contribution in [0.15, 0.2) is 11.6 Å². The Morgan fingerprint density at radius 3 is 2.06 bits per heavy atom. The molecule has 0 radical (unpaired) electrons. The predicted molar refractivity (Wildman–Crippen MR) is 132 cm³/mol. The van der Waals surface area contributed by atoms with E-state index in [1.165, 1.54) is 51.4 Å². The fraction of sp³-hybridized carbons (Fsp3) is 0.933. The molecule has 182 valence electrons. The molecule has 32 heavy (non-hydrogen) atoms. The monoisotopic (exact) mass is 442 g/mol. The van der Waals surface area contributed by atoms with Crippen molar-refractivity contribution in [2.75, 3.05) is 6.61 Å². The van der Waals surface area contributed by atoms with E-state index in [9.17, 15) is 10.2 Å². The maximum Gasteiger partial charge on any atom is 0.0594 e. The first-order valence-electron chi connectivity index (χ1n) is 13.8. The van der Waals surface area contributed by atoms with Crippen molar-refractivity contribution in [3.8, 4) is 0 Å². The normalized spacial score (nSPS) is 53.8. The van der Waals surface area contributed by atoms with Crippen molar-refractivity contribution >= 4 is 0 Å². The summed E-state index contributed by atoms with van der Waals surface area (Å²) in [6.45, 7) is 17.8. The van der Waals surface area contributed by atoms with E-state index in [1.54, 1.807) is 5.57 Å². The second-order valence-electron chi connectivity index (χ2n) is 15.2. The van der Waals surface area contributed by atoms with E-state index in [-0.39, 0.29) is 27.8 Å². The Kier molecular flexibility index (Phi) is 5.02. The van der Waals surface area contributed by atoms with Crippen LogP contribution in [0.3, 0.4) is 0 Å². The molecule has 0 unspecified atom stereocenters. The van der Waals surface area contributed by atoms with Gasteiger partial charge in [0.05, 0.1) is 6.10 Å². The van der Waals surface area contributed by atoms with Gasteiger partial charge in [0.15, 0.2) is 0 Å². The van der Waals surface area contributed by atoms with Gasteiger partial charge in [0.2, 0.25) is 0 Å². The third kappa shape index (κ3) is 2.84. The maximum atomic E-state index is 10.9. The molecule has 0 saturated heterocycles. The fourth-order valence-corrected chi connectivity index (χ4v) is 10.9. The lowest BCUT2D eigenvalue weighted by Gasteiger charge is -2.70. The van der Waals surface area contributed by atoms with E-state index in [4.69, 9.17) is 0 Å². The molecule has 5 aliphatic rings. The molecule has 2 nitrogen and oxygen atoms in total. The van der Waals surface area contributed by atoms with Crippen LogP contribution in [0.1, 0.15) is 113 Å². The van der Waals surface area contributed by atoms with E-state index in [2.05, 4.69) is 54.5 Å². The minimum atomic E-state index is -0.151. The summed E-state index contributed by atoms with van der Waals surface area (Å²) in [5.41, 5.74) is 3.13. The predicted octanol–water partition coefficient (Wildman–Crippen LogP) is 7.14. The van der Waals surface area contributed by atoms with E-state index in [1.807, 2.05) is 0 Å². The van der Waals surface area contributed by atoms with Gasteiger partial charge in [0.1, 0.15) is 0 Å². The van der Waals surface area contributed by atoms with Gasteiger partial charge in [-0.1, -0.05) is 60.1 Å². The summed E-state index contributed by atoms with van der Waals surface area (Å²) in [5, 5.41) is 21.6. The first-order chi connectivity index (χ1) is 14.8. The van der Waals surface area contributed by atoms with Crippen LogP contribution in [-0.4, -0.2) is 22.9 Å². The summed E-state index contributed by atoms with van der Waals surface area (Å²) < 4.78 is 0. The van der Waals surface area contributed by atoms with Crippen molar-refractivity contribution in [3.63, 3.8) is 0 Å². The summed E-state index contributed by atoms with van der Waals surface area (Å²) in [5.74, 6) is 1.95. The zero-order valence-corrected chi connectivity index (χ0v) is 22.1. The number of hydrogen-bond acceptors (Lipinski definition) is 2. The van der Waals surface area contributed by atoms with Crippen LogP contribution in [0, 0.1) is 50.2 Å².